The van der Waals surface area contributed by atoms with Gasteiger partial charge in [0.25, 0.3) is 0 Å². The van der Waals surface area contributed by atoms with Crippen molar-refractivity contribution in [2.24, 2.45) is 17.3 Å². The zero-order valence-electron chi connectivity index (χ0n) is 19.9. The number of amides is 2. The monoisotopic (exact) mass is 432 g/mol. The Hall–Kier alpha value is -2.62. The van der Waals surface area contributed by atoms with E-state index < -0.39 is 5.41 Å². The lowest BCUT2D eigenvalue weighted by Crippen LogP contribution is -2.52. The fourth-order valence-electron chi connectivity index (χ4n) is 5.13. The molecule has 0 aromatic heterocycles. The van der Waals surface area contributed by atoms with Crippen LogP contribution >= 0.6 is 0 Å². The molecule has 4 nitrogen and oxygen atoms in total. The Morgan fingerprint density at radius 3 is 2.22 bits per heavy atom. The molecule has 0 unspecified atom stereocenters. The van der Waals surface area contributed by atoms with Gasteiger partial charge in [-0.05, 0) is 74.6 Å². The highest BCUT2D eigenvalue weighted by Gasteiger charge is 2.46. The SMILES string of the molecule is Cc1ccccc1-c1ccccc1CC1(C(=O)NC(C)C)CCN(C(=O)[C@H]2C[C@H]2C)CC1. The van der Waals surface area contributed by atoms with E-state index >= 15 is 0 Å². The summed E-state index contributed by atoms with van der Waals surface area (Å²) < 4.78 is 0. The van der Waals surface area contributed by atoms with Gasteiger partial charge in [0, 0.05) is 25.0 Å². The maximum Gasteiger partial charge on any atom is 0.226 e. The molecule has 0 radical (unpaired) electrons. The number of nitrogens with zero attached hydrogens (tertiary/aromatic N) is 1. The molecule has 0 spiro atoms. The second-order valence-corrected chi connectivity index (χ2v) is 10.2. The van der Waals surface area contributed by atoms with Crippen molar-refractivity contribution in [3.05, 3.63) is 59.7 Å². The zero-order valence-corrected chi connectivity index (χ0v) is 19.9. The molecule has 1 saturated carbocycles. The van der Waals surface area contributed by atoms with Gasteiger partial charge in [-0.25, -0.2) is 0 Å². The van der Waals surface area contributed by atoms with Gasteiger partial charge in [0.05, 0.1) is 5.41 Å². The fraction of sp³-hybridized carbons (Fsp3) is 0.500. The largest absolute Gasteiger partial charge is 0.353 e. The van der Waals surface area contributed by atoms with Gasteiger partial charge in [-0.3, -0.25) is 9.59 Å². The first-order chi connectivity index (χ1) is 15.3. The molecule has 4 rings (SSSR count). The fourth-order valence-corrected chi connectivity index (χ4v) is 5.13. The zero-order chi connectivity index (χ0) is 22.9. The van der Waals surface area contributed by atoms with Crippen molar-refractivity contribution >= 4 is 11.8 Å². The normalized spacial score (nSPS) is 22.0. The quantitative estimate of drug-likeness (QED) is 0.699. The summed E-state index contributed by atoms with van der Waals surface area (Å²) in [5.74, 6) is 1.13. The average Bonchev–Trinajstić information content (AvgIpc) is 3.51. The molecule has 2 aromatic carbocycles. The van der Waals surface area contributed by atoms with Crippen molar-refractivity contribution in [2.45, 2.75) is 59.4 Å². The van der Waals surface area contributed by atoms with Crippen molar-refractivity contribution in [3.63, 3.8) is 0 Å². The third-order valence-corrected chi connectivity index (χ3v) is 7.34. The van der Waals surface area contributed by atoms with E-state index in [1.165, 1.54) is 22.3 Å². The number of aryl methyl sites for hydroxylation is 1. The van der Waals surface area contributed by atoms with Crippen LogP contribution in [-0.4, -0.2) is 35.8 Å². The first-order valence-corrected chi connectivity index (χ1v) is 12.0. The summed E-state index contributed by atoms with van der Waals surface area (Å²) in [5, 5.41) is 3.19. The molecule has 1 N–H and O–H groups in total. The summed E-state index contributed by atoms with van der Waals surface area (Å²) in [6.45, 7) is 9.64. The summed E-state index contributed by atoms with van der Waals surface area (Å²) in [5.41, 5.74) is 4.37. The van der Waals surface area contributed by atoms with Crippen LogP contribution in [-0.2, 0) is 16.0 Å². The molecule has 170 valence electrons. The van der Waals surface area contributed by atoms with Crippen molar-refractivity contribution in [1.29, 1.82) is 0 Å². The summed E-state index contributed by atoms with van der Waals surface area (Å²) in [7, 11) is 0. The van der Waals surface area contributed by atoms with Gasteiger partial charge >= 0.3 is 0 Å². The Kier molecular flexibility index (Phi) is 6.41. The number of hydrogen-bond acceptors (Lipinski definition) is 2. The van der Waals surface area contributed by atoms with Crippen molar-refractivity contribution in [3.8, 4) is 11.1 Å². The average molecular weight is 433 g/mol. The highest BCUT2D eigenvalue weighted by Crippen LogP contribution is 2.43. The molecule has 1 saturated heterocycles. The van der Waals surface area contributed by atoms with Crippen molar-refractivity contribution < 1.29 is 9.59 Å². The van der Waals surface area contributed by atoms with E-state index in [0.29, 0.717) is 38.3 Å². The Balaban J connectivity index is 1.61. The Labute approximate surface area is 192 Å². The molecule has 2 aliphatic rings. The first-order valence-electron chi connectivity index (χ1n) is 12.0. The molecule has 1 aliphatic carbocycles. The van der Waals surface area contributed by atoms with Crippen LogP contribution in [0.2, 0.25) is 0 Å². The van der Waals surface area contributed by atoms with E-state index in [1.807, 2.05) is 18.7 Å². The number of nitrogens with one attached hydrogen (secondary N) is 1. The molecular weight excluding hydrogens is 396 g/mol. The second kappa shape index (κ2) is 9.09. The van der Waals surface area contributed by atoms with Gasteiger partial charge in [-0.15, -0.1) is 0 Å². The van der Waals surface area contributed by atoms with E-state index in [2.05, 4.69) is 67.7 Å². The predicted octanol–water partition coefficient (Wildman–Crippen LogP) is 4.99. The minimum Gasteiger partial charge on any atom is -0.353 e. The van der Waals surface area contributed by atoms with Crippen LogP contribution in [0.25, 0.3) is 11.1 Å². The summed E-state index contributed by atoms with van der Waals surface area (Å²) in [4.78, 5) is 28.3. The van der Waals surface area contributed by atoms with Crippen LogP contribution in [0.5, 0.6) is 0 Å². The minimum atomic E-state index is -0.491. The molecule has 32 heavy (non-hydrogen) atoms. The van der Waals surface area contributed by atoms with Gasteiger partial charge in [0.2, 0.25) is 11.8 Å². The summed E-state index contributed by atoms with van der Waals surface area (Å²) >= 11 is 0. The molecule has 0 bridgehead atoms. The minimum absolute atomic E-state index is 0.0953. The van der Waals surface area contributed by atoms with Gasteiger partial charge in [-0.1, -0.05) is 55.5 Å². The molecule has 2 amide bonds. The number of hydrogen-bond donors (Lipinski definition) is 1. The Bertz CT molecular complexity index is 988. The third kappa shape index (κ3) is 4.60. The van der Waals surface area contributed by atoms with Crippen LogP contribution < -0.4 is 5.32 Å². The number of likely N-dealkylation sites (tertiary alicyclic amines) is 1. The van der Waals surface area contributed by atoms with Crippen LogP contribution in [0, 0.1) is 24.2 Å². The van der Waals surface area contributed by atoms with Crippen LogP contribution in [0.4, 0.5) is 0 Å². The summed E-state index contributed by atoms with van der Waals surface area (Å²) in [6.07, 6.45) is 3.12. The van der Waals surface area contributed by atoms with Gasteiger partial charge < -0.3 is 10.2 Å². The van der Waals surface area contributed by atoms with Gasteiger partial charge in [0.15, 0.2) is 0 Å². The molecule has 1 aliphatic heterocycles. The number of carbonyl (C=O) groups is 2. The first kappa shape index (κ1) is 22.6. The smallest absolute Gasteiger partial charge is 0.226 e. The lowest BCUT2D eigenvalue weighted by molar-refractivity contribution is -0.141. The molecule has 1 heterocycles. The molecule has 2 fully saturated rings. The van der Waals surface area contributed by atoms with E-state index in [1.54, 1.807) is 0 Å². The van der Waals surface area contributed by atoms with Crippen LogP contribution in [0.3, 0.4) is 0 Å². The van der Waals surface area contributed by atoms with E-state index in [4.69, 9.17) is 0 Å². The molecule has 2 aromatic rings. The number of carbonyl (C=O) groups excluding carboxylic acids is 2. The van der Waals surface area contributed by atoms with Crippen molar-refractivity contribution in [2.75, 3.05) is 13.1 Å². The Morgan fingerprint density at radius 1 is 1.03 bits per heavy atom. The standard InChI is InChI=1S/C28H36N2O2/c1-19(2)29-27(32)28(13-15-30(16-14-28)26(31)25-17-21(25)4)18-22-10-6-8-12-24(22)23-11-7-5-9-20(23)3/h5-12,19,21,25H,13-18H2,1-4H3,(H,29,32)/t21-,25+/m1/s1. The Morgan fingerprint density at radius 2 is 1.62 bits per heavy atom. The van der Waals surface area contributed by atoms with Gasteiger partial charge in [-0.2, -0.15) is 0 Å². The van der Waals surface area contributed by atoms with Crippen LogP contribution in [0.1, 0.15) is 51.2 Å². The maximum absolute atomic E-state index is 13.5. The van der Waals surface area contributed by atoms with E-state index in [0.717, 1.165) is 6.42 Å². The molecule has 4 heteroatoms. The van der Waals surface area contributed by atoms with E-state index in [9.17, 15) is 9.59 Å². The number of benzene rings is 2. The third-order valence-electron chi connectivity index (χ3n) is 7.34. The number of piperidine rings is 1. The lowest BCUT2D eigenvalue weighted by atomic mass is 9.71. The topological polar surface area (TPSA) is 49.4 Å². The lowest BCUT2D eigenvalue weighted by Gasteiger charge is -2.41. The van der Waals surface area contributed by atoms with Gasteiger partial charge in [0.1, 0.15) is 0 Å². The molecular formula is C28H36N2O2. The highest BCUT2D eigenvalue weighted by atomic mass is 16.2. The van der Waals surface area contributed by atoms with E-state index in [-0.39, 0.29) is 23.8 Å². The predicted molar refractivity (Wildman–Crippen MR) is 129 cm³/mol. The second-order valence-electron chi connectivity index (χ2n) is 10.2. The number of rotatable bonds is 6. The maximum atomic E-state index is 13.5. The van der Waals surface area contributed by atoms with Crippen molar-refractivity contribution in [1.82, 2.24) is 10.2 Å². The molecule has 2 atom stereocenters. The highest BCUT2D eigenvalue weighted by molar-refractivity contribution is 5.85. The van der Waals surface area contributed by atoms with Crippen LogP contribution in [0.15, 0.2) is 48.5 Å². The summed E-state index contributed by atoms with van der Waals surface area (Å²) in [6, 6.07) is 17.0.